The van der Waals surface area contributed by atoms with Crippen LogP contribution in [0.5, 0.6) is 0 Å². The fourth-order valence-electron chi connectivity index (χ4n) is 0.833. The van der Waals surface area contributed by atoms with Crippen LogP contribution in [0.4, 0.5) is 0 Å². The summed E-state index contributed by atoms with van der Waals surface area (Å²) in [5.41, 5.74) is 0.402. The highest BCUT2D eigenvalue weighted by molar-refractivity contribution is 6.71. The molecule has 0 bridgehead atoms. The molecule has 0 heterocycles. The highest BCUT2D eigenvalue weighted by Crippen LogP contribution is 1.95. The van der Waals surface area contributed by atoms with Crippen molar-refractivity contribution < 1.29 is 19.9 Å². The number of hydrogen-bond donors (Lipinski definition) is 3. The number of carbonyl (C=O) groups is 1. The molecule has 0 aliphatic carbocycles. The largest absolute Gasteiger partial charge is 0.556 e. The zero-order chi connectivity index (χ0) is 9.19. The molecule has 0 radical (unpaired) electrons. The Morgan fingerprint density at radius 2 is 1.58 bits per heavy atom. The van der Waals surface area contributed by atoms with Crippen molar-refractivity contribution in [1.29, 1.82) is 0 Å². The third-order valence-corrected chi connectivity index (χ3v) is 1.52. The molecule has 3 N–H and O–H groups in total. The molecule has 0 fully saturated rings. The third-order valence-electron chi connectivity index (χ3n) is 1.52. The maximum Gasteiger partial charge on any atom is 0.402 e. The summed E-state index contributed by atoms with van der Waals surface area (Å²) >= 11 is 0. The lowest BCUT2D eigenvalue weighted by molar-refractivity contribution is 0.112. The lowest BCUT2D eigenvalue weighted by Crippen LogP contribution is -2.48. The van der Waals surface area contributed by atoms with Gasteiger partial charge in [-0.25, -0.2) is 0 Å². The van der Waals surface area contributed by atoms with Gasteiger partial charge in [0.15, 0.2) is 0 Å². The molecule has 0 aromatic heterocycles. The van der Waals surface area contributed by atoms with Crippen molar-refractivity contribution in [3.05, 3.63) is 29.8 Å². The van der Waals surface area contributed by atoms with Gasteiger partial charge in [0, 0.05) is 5.56 Å². The molecule has 1 aromatic carbocycles. The first-order valence-corrected chi connectivity index (χ1v) is 3.41. The number of benzene rings is 1. The SMILES string of the molecule is O=Cc1ccc([B-](O)(O)O)cc1. The van der Waals surface area contributed by atoms with Crippen molar-refractivity contribution >= 4 is 18.5 Å². The lowest BCUT2D eigenvalue weighted by Gasteiger charge is -2.20. The molecule has 0 unspecified atom stereocenters. The summed E-state index contributed by atoms with van der Waals surface area (Å²) < 4.78 is 0. The molecule has 0 atom stereocenters. The first kappa shape index (κ1) is 8.93. The summed E-state index contributed by atoms with van der Waals surface area (Å²) in [6, 6.07) is 5.34. The van der Waals surface area contributed by atoms with Gasteiger partial charge in [-0.05, 0) is 0 Å². The standard InChI is InChI=1S/C7H8BO4/c9-5-6-1-3-7(4-2-6)8(10,11)12/h1-5,10-12H/q-1. The highest BCUT2D eigenvalue weighted by atomic mass is 16.5. The van der Waals surface area contributed by atoms with E-state index in [2.05, 4.69) is 0 Å². The topological polar surface area (TPSA) is 77.8 Å². The zero-order valence-electron chi connectivity index (χ0n) is 6.21. The maximum absolute atomic E-state index is 10.2. The van der Waals surface area contributed by atoms with E-state index in [1.165, 1.54) is 24.3 Å². The number of rotatable bonds is 2. The molecule has 4 nitrogen and oxygen atoms in total. The molecule has 12 heavy (non-hydrogen) atoms. The predicted octanol–water partition coefficient (Wildman–Crippen LogP) is -1.38. The van der Waals surface area contributed by atoms with E-state index in [1.54, 1.807) is 0 Å². The minimum Gasteiger partial charge on any atom is -0.556 e. The van der Waals surface area contributed by atoms with Crippen molar-refractivity contribution in [3.8, 4) is 0 Å². The van der Waals surface area contributed by atoms with Crippen LogP contribution in [-0.4, -0.2) is 28.1 Å². The molecule has 0 aliphatic rings. The minimum atomic E-state index is -3.44. The van der Waals surface area contributed by atoms with Gasteiger partial charge in [0.25, 0.3) is 0 Å². The quantitative estimate of drug-likeness (QED) is 0.374. The van der Waals surface area contributed by atoms with Gasteiger partial charge in [-0.2, -0.15) is 0 Å². The van der Waals surface area contributed by atoms with E-state index >= 15 is 0 Å². The Kier molecular flexibility index (Phi) is 2.28. The fourth-order valence-corrected chi connectivity index (χ4v) is 0.833. The number of carbonyl (C=O) groups excluding carboxylic acids is 1. The van der Waals surface area contributed by atoms with Crippen molar-refractivity contribution in [2.45, 2.75) is 0 Å². The van der Waals surface area contributed by atoms with Crippen molar-refractivity contribution in [3.63, 3.8) is 0 Å². The summed E-state index contributed by atoms with van der Waals surface area (Å²) in [4.78, 5) is 10.2. The van der Waals surface area contributed by atoms with E-state index in [4.69, 9.17) is 15.1 Å². The molecular formula is C7H8BO4-. The molecule has 64 valence electrons. The molecule has 1 aromatic rings. The Morgan fingerprint density at radius 1 is 1.08 bits per heavy atom. The minimum absolute atomic E-state index is 0.0133. The summed E-state index contributed by atoms with van der Waals surface area (Å²) in [6.07, 6.45) is 0.630. The molecule has 0 saturated heterocycles. The van der Waals surface area contributed by atoms with Crippen molar-refractivity contribution in [2.24, 2.45) is 0 Å². The average molecular weight is 167 g/mol. The van der Waals surface area contributed by atoms with Crippen LogP contribution in [0.25, 0.3) is 0 Å². The van der Waals surface area contributed by atoms with Crippen LogP contribution in [0.15, 0.2) is 24.3 Å². The van der Waals surface area contributed by atoms with Crippen LogP contribution in [0.3, 0.4) is 0 Å². The van der Waals surface area contributed by atoms with Crippen LogP contribution in [0, 0.1) is 0 Å². The number of aldehydes is 1. The van der Waals surface area contributed by atoms with Gasteiger partial charge in [-0.1, -0.05) is 24.3 Å². The van der Waals surface area contributed by atoms with Gasteiger partial charge in [-0.3, -0.25) is 4.79 Å². The van der Waals surface area contributed by atoms with Crippen molar-refractivity contribution in [1.82, 2.24) is 0 Å². The predicted molar refractivity (Wildman–Crippen MR) is 43.9 cm³/mol. The normalized spacial score (nSPS) is 11.2. The summed E-state index contributed by atoms with van der Waals surface area (Å²) in [6.45, 7) is -3.44. The fraction of sp³-hybridized carbons (Fsp3) is 0. The smallest absolute Gasteiger partial charge is 0.402 e. The van der Waals surface area contributed by atoms with Gasteiger partial charge >= 0.3 is 6.75 Å². The Labute approximate surface area is 69.1 Å². The second kappa shape index (κ2) is 3.06. The van der Waals surface area contributed by atoms with Gasteiger partial charge in [0.05, 0.1) is 0 Å². The monoisotopic (exact) mass is 167 g/mol. The Hall–Kier alpha value is -1.17. The van der Waals surface area contributed by atoms with E-state index in [9.17, 15) is 4.79 Å². The molecule has 0 saturated carbocycles. The van der Waals surface area contributed by atoms with E-state index < -0.39 is 6.75 Å². The van der Waals surface area contributed by atoms with Crippen LogP contribution in [0.2, 0.25) is 0 Å². The van der Waals surface area contributed by atoms with Gasteiger partial charge in [-0.15, -0.1) is 5.46 Å². The Balaban J connectivity index is 3.00. The molecular weight excluding hydrogens is 159 g/mol. The first-order chi connectivity index (χ1) is 5.54. The summed E-state index contributed by atoms with van der Waals surface area (Å²) in [5.74, 6) is 0. The van der Waals surface area contributed by atoms with Crippen LogP contribution in [0.1, 0.15) is 10.4 Å². The number of hydrogen-bond acceptors (Lipinski definition) is 4. The average Bonchev–Trinajstić information content (AvgIpc) is 2.03. The summed E-state index contributed by atoms with van der Waals surface area (Å²) in [5, 5.41) is 26.2. The highest BCUT2D eigenvalue weighted by Gasteiger charge is 2.17. The van der Waals surface area contributed by atoms with E-state index in [0.717, 1.165) is 0 Å². The van der Waals surface area contributed by atoms with E-state index in [1.807, 2.05) is 0 Å². The van der Waals surface area contributed by atoms with E-state index in [-0.39, 0.29) is 5.46 Å². The van der Waals surface area contributed by atoms with Gasteiger partial charge in [0.1, 0.15) is 6.29 Å². The molecule has 5 heteroatoms. The van der Waals surface area contributed by atoms with Crippen LogP contribution < -0.4 is 5.46 Å². The molecule has 1 rings (SSSR count). The maximum atomic E-state index is 10.2. The zero-order valence-corrected chi connectivity index (χ0v) is 6.21. The third kappa shape index (κ3) is 1.91. The Bertz CT molecular complexity index is 274. The van der Waals surface area contributed by atoms with Crippen molar-refractivity contribution in [2.75, 3.05) is 0 Å². The first-order valence-electron chi connectivity index (χ1n) is 3.41. The Morgan fingerprint density at radius 3 is 1.92 bits per heavy atom. The molecule has 0 spiro atoms. The summed E-state index contributed by atoms with van der Waals surface area (Å²) in [7, 11) is 0. The molecule has 0 aliphatic heterocycles. The second-order valence-corrected chi connectivity index (χ2v) is 2.52. The van der Waals surface area contributed by atoms with Crippen LogP contribution >= 0.6 is 0 Å². The van der Waals surface area contributed by atoms with Gasteiger partial charge in [0.2, 0.25) is 0 Å². The lowest BCUT2D eigenvalue weighted by atomic mass is 9.71. The van der Waals surface area contributed by atoms with Gasteiger partial charge < -0.3 is 15.1 Å². The second-order valence-electron chi connectivity index (χ2n) is 2.52. The molecule has 0 amide bonds. The van der Waals surface area contributed by atoms with Crippen LogP contribution in [-0.2, 0) is 0 Å². The van der Waals surface area contributed by atoms with E-state index in [0.29, 0.717) is 11.8 Å².